The van der Waals surface area contributed by atoms with Gasteiger partial charge in [-0.1, -0.05) is 66.7 Å². The summed E-state index contributed by atoms with van der Waals surface area (Å²) >= 11 is 1.87. The Morgan fingerprint density at radius 1 is 0.525 bits per heavy atom. The quantitative estimate of drug-likeness (QED) is 0.213. The molecule has 0 saturated carbocycles. The Labute approximate surface area is 231 Å². The third-order valence-corrected chi connectivity index (χ3v) is 9.60. The molecule has 10 aromatic rings. The fourth-order valence-corrected chi connectivity index (χ4v) is 7.83. The van der Waals surface area contributed by atoms with Crippen LogP contribution in [0.4, 0.5) is 0 Å². The summed E-state index contributed by atoms with van der Waals surface area (Å²) in [4.78, 5) is 10.4. The van der Waals surface area contributed by atoms with Crippen molar-refractivity contribution in [1.82, 2.24) is 14.4 Å². The molecule has 0 spiro atoms. The number of fused-ring (bicyclic) bond motifs is 12. The third kappa shape index (κ3) is 2.59. The molecule has 0 unspecified atom stereocenters. The average molecular weight is 526 g/mol. The lowest BCUT2D eigenvalue weighted by atomic mass is 9.97. The largest absolute Gasteiger partial charge is 0.291 e. The Morgan fingerprint density at radius 3 is 2.23 bits per heavy atom. The van der Waals surface area contributed by atoms with Gasteiger partial charge in [-0.3, -0.25) is 4.40 Å². The van der Waals surface area contributed by atoms with Crippen LogP contribution in [0.2, 0.25) is 0 Å². The predicted molar refractivity (Wildman–Crippen MR) is 170 cm³/mol. The van der Waals surface area contributed by atoms with Crippen LogP contribution in [0.25, 0.3) is 91.5 Å². The molecule has 10 rings (SSSR count). The number of hydrogen-bond acceptors (Lipinski definition) is 3. The van der Waals surface area contributed by atoms with Gasteiger partial charge < -0.3 is 0 Å². The number of benzene rings is 6. The minimum absolute atomic E-state index is 0.917. The van der Waals surface area contributed by atoms with Crippen molar-refractivity contribution >= 4 is 91.7 Å². The Balaban J connectivity index is 1.45. The first-order valence-electron chi connectivity index (χ1n) is 13.5. The van der Waals surface area contributed by atoms with Crippen molar-refractivity contribution < 1.29 is 0 Å². The molecule has 3 nitrogen and oxygen atoms in total. The average Bonchev–Trinajstić information content (AvgIpc) is 3.65. The molecule has 184 valence electrons. The first kappa shape index (κ1) is 20.8. The van der Waals surface area contributed by atoms with Crippen LogP contribution in [0.15, 0.2) is 115 Å². The van der Waals surface area contributed by atoms with Crippen molar-refractivity contribution in [2.45, 2.75) is 0 Å². The van der Waals surface area contributed by atoms with E-state index in [4.69, 9.17) is 9.97 Å². The maximum atomic E-state index is 5.19. The summed E-state index contributed by atoms with van der Waals surface area (Å²) in [6.07, 6.45) is 0. The SMILES string of the molecule is c1ccc2cc(-c3cc4c5nc6ccccc6nc5n5c6ccc7sc8ccccc8c7c6c(c3)c45)ccc2c1. The third-order valence-electron chi connectivity index (χ3n) is 8.47. The second-order valence-corrected chi connectivity index (χ2v) is 11.7. The van der Waals surface area contributed by atoms with Crippen LogP contribution in [-0.2, 0) is 0 Å². The van der Waals surface area contributed by atoms with Gasteiger partial charge in [0.2, 0.25) is 0 Å². The fraction of sp³-hybridized carbons (Fsp3) is 0. The molecule has 4 aromatic heterocycles. The smallest absolute Gasteiger partial charge is 0.165 e. The lowest BCUT2D eigenvalue weighted by Gasteiger charge is -2.07. The van der Waals surface area contributed by atoms with Crippen LogP contribution in [0.1, 0.15) is 0 Å². The number of thiophene rings is 1. The Hall–Kier alpha value is -5.06. The van der Waals surface area contributed by atoms with Crippen molar-refractivity contribution in [1.29, 1.82) is 0 Å². The van der Waals surface area contributed by atoms with Crippen molar-refractivity contribution in [2.24, 2.45) is 0 Å². The standard InChI is InChI=1S/C36H19N3S/c1-2-8-21-17-22(14-13-20(21)7-1)23-18-25-32-29(15-16-31-33(32)24-9-3-6-12-30(24)40-31)39-35(25)26(19-23)34-36(39)38-28-11-5-4-10-27(28)37-34/h1-19H. The van der Waals surface area contributed by atoms with Crippen LogP contribution < -0.4 is 0 Å². The summed E-state index contributed by atoms with van der Waals surface area (Å²) in [5.74, 6) is 0. The van der Waals surface area contributed by atoms with Gasteiger partial charge in [-0.15, -0.1) is 11.3 Å². The Morgan fingerprint density at radius 2 is 1.30 bits per heavy atom. The monoisotopic (exact) mass is 525 g/mol. The molecule has 0 bridgehead atoms. The lowest BCUT2D eigenvalue weighted by Crippen LogP contribution is -1.88. The van der Waals surface area contributed by atoms with Crippen LogP contribution in [0.3, 0.4) is 0 Å². The van der Waals surface area contributed by atoms with Crippen LogP contribution in [0, 0.1) is 0 Å². The Bertz CT molecular complexity index is 2660. The van der Waals surface area contributed by atoms with Gasteiger partial charge in [0.15, 0.2) is 5.65 Å². The lowest BCUT2D eigenvalue weighted by molar-refractivity contribution is 1.28. The highest BCUT2D eigenvalue weighted by Crippen LogP contribution is 2.46. The van der Waals surface area contributed by atoms with Gasteiger partial charge in [0, 0.05) is 36.3 Å². The molecule has 4 heterocycles. The number of rotatable bonds is 1. The summed E-state index contributed by atoms with van der Waals surface area (Å²) in [6.45, 7) is 0. The fourth-order valence-electron chi connectivity index (χ4n) is 6.71. The molecule has 0 saturated heterocycles. The summed E-state index contributed by atoms with van der Waals surface area (Å²) in [5.41, 5.74) is 8.52. The van der Waals surface area contributed by atoms with Gasteiger partial charge in [0.05, 0.1) is 22.1 Å². The highest BCUT2D eigenvalue weighted by Gasteiger charge is 2.23. The zero-order valence-corrected chi connectivity index (χ0v) is 22.0. The molecular formula is C36H19N3S. The molecule has 4 heteroatoms. The zero-order valence-electron chi connectivity index (χ0n) is 21.2. The highest BCUT2D eigenvalue weighted by molar-refractivity contribution is 7.26. The maximum absolute atomic E-state index is 5.19. The minimum atomic E-state index is 0.917. The van der Waals surface area contributed by atoms with E-state index in [2.05, 4.69) is 108 Å². The number of hydrogen-bond donors (Lipinski definition) is 0. The molecule has 0 fully saturated rings. The number of aromatic nitrogens is 3. The van der Waals surface area contributed by atoms with E-state index in [1.165, 1.54) is 63.9 Å². The Kier molecular flexibility index (Phi) is 3.81. The van der Waals surface area contributed by atoms with Gasteiger partial charge in [0.1, 0.15) is 5.52 Å². The summed E-state index contributed by atoms with van der Waals surface area (Å²) in [7, 11) is 0. The first-order valence-corrected chi connectivity index (χ1v) is 14.3. The normalized spacial score (nSPS) is 12.5. The first-order chi connectivity index (χ1) is 19.8. The minimum Gasteiger partial charge on any atom is -0.291 e. The van der Waals surface area contributed by atoms with Crippen LogP contribution >= 0.6 is 11.3 Å². The molecule has 0 N–H and O–H groups in total. The molecule has 0 aliphatic carbocycles. The van der Waals surface area contributed by atoms with E-state index in [9.17, 15) is 0 Å². The van der Waals surface area contributed by atoms with E-state index in [-0.39, 0.29) is 0 Å². The van der Waals surface area contributed by atoms with Crippen LogP contribution in [-0.4, -0.2) is 14.4 Å². The van der Waals surface area contributed by atoms with E-state index in [0.29, 0.717) is 0 Å². The second-order valence-electron chi connectivity index (χ2n) is 10.6. The van der Waals surface area contributed by atoms with Gasteiger partial charge in [-0.25, -0.2) is 9.97 Å². The van der Waals surface area contributed by atoms with E-state index in [1.807, 2.05) is 23.5 Å². The summed E-state index contributed by atoms with van der Waals surface area (Å²) in [5, 5.41) is 8.86. The molecule has 0 amide bonds. The van der Waals surface area contributed by atoms with E-state index in [1.54, 1.807) is 0 Å². The van der Waals surface area contributed by atoms with E-state index >= 15 is 0 Å². The van der Waals surface area contributed by atoms with Crippen molar-refractivity contribution in [2.75, 3.05) is 0 Å². The molecule has 0 atom stereocenters. The maximum Gasteiger partial charge on any atom is 0.165 e. The van der Waals surface area contributed by atoms with Gasteiger partial charge in [-0.05, 0) is 70.4 Å². The summed E-state index contributed by atoms with van der Waals surface area (Å²) < 4.78 is 4.99. The molecule has 40 heavy (non-hydrogen) atoms. The van der Waals surface area contributed by atoms with Crippen LogP contribution in [0.5, 0.6) is 0 Å². The molecule has 0 aliphatic rings. The van der Waals surface area contributed by atoms with Gasteiger partial charge >= 0.3 is 0 Å². The van der Waals surface area contributed by atoms with Gasteiger partial charge in [-0.2, -0.15) is 0 Å². The van der Waals surface area contributed by atoms with E-state index < -0.39 is 0 Å². The van der Waals surface area contributed by atoms with Crippen molar-refractivity contribution in [3.05, 3.63) is 115 Å². The second kappa shape index (κ2) is 7.32. The number of para-hydroxylation sites is 2. The van der Waals surface area contributed by atoms with Gasteiger partial charge in [0.25, 0.3) is 0 Å². The van der Waals surface area contributed by atoms with Crippen molar-refractivity contribution in [3.63, 3.8) is 0 Å². The predicted octanol–water partition coefficient (Wildman–Crippen LogP) is 9.97. The van der Waals surface area contributed by atoms with E-state index in [0.717, 1.165) is 27.6 Å². The topological polar surface area (TPSA) is 30.2 Å². The highest BCUT2D eigenvalue weighted by atomic mass is 32.1. The molecule has 0 radical (unpaired) electrons. The number of nitrogens with zero attached hydrogens (tertiary/aromatic N) is 3. The zero-order chi connectivity index (χ0) is 25.9. The molecule has 0 aliphatic heterocycles. The molecule has 6 aromatic carbocycles. The summed E-state index contributed by atoms with van der Waals surface area (Å²) in [6, 6.07) is 41.6. The van der Waals surface area contributed by atoms with Crippen molar-refractivity contribution in [3.8, 4) is 11.1 Å². The molecular weight excluding hydrogens is 506 g/mol.